The van der Waals surface area contributed by atoms with Crippen LogP contribution >= 0.6 is 11.3 Å². The van der Waals surface area contributed by atoms with Gasteiger partial charge in [0.05, 0.1) is 12.2 Å². The molecule has 2 aromatic rings. The second kappa shape index (κ2) is 7.72. The molecule has 0 aliphatic rings. The summed E-state index contributed by atoms with van der Waals surface area (Å²) in [6.07, 6.45) is 0.00917. The van der Waals surface area contributed by atoms with E-state index in [-0.39, 0.29) is 11.7 Å². The van der Waals surface area contributed by atoms with Gasteiger partial charge in [0.25, 0.3) is 0 Å². The molecule has 0 amide bonds. The second-order valence-electron chi connectivity index (χ2n) is 5.43. The van der Waals surface area contributed by atoms with Crippen LogP contribution in [0.25, 0.3) is 0 Å². The number of aryl methyl sites for hydroxylation is 1. The molecule has 0 aliphatic heterocycles. The van der Waals surface area contributed by atoms with E-state index in [1.165, 1.54) is 0 Å². The van der Waals surface area contributed by atoms with Gasteiger partial charge in [-0.25, -0.2) is 9.78 Å². The number of aromatic nitrogens is 1. The summed E-state index contributed by atoms with van der Waals surface area (Å²) in [6, 6.07) is 1.58. The minimum atomic E-state index is -0.964. The molecule has 0 radical (unpaired) electrons. The van der Waals surface area contributed by atoms with Crippen molar-refractivity contribution < 1.29 is 19.1 Å². The summed E-state index contributed by atoms with van der Waals surface area (Å²) >= 11 is 1.59. The predicted molar refractivity (Wildman–Crippen MR) is 87.7 cm³/mol. The Morgan fingerprint density at radius 3 is 2.87 bits per heavy atom. The van der Waals surface area contributed by atoms with Crippen LogP contribution in [-0.2, 0) is 17.8 Å². The fraction of sp³-hybridized carbons (Fsp3) is 0.500. The van der Waals surface area contributed by atoms with Crippen LogP contribution in [0.3, 0.4) is 0 Å². The van der Waals surface area contributed by atoms with Crippen LogP contribution < -0.4 is 0 Å². The summed E-state index contributed by atoms with van der Waals surface area (Å²) in [7, 11) is 1.95. The molecule has 0 spiro atoms. The highest BCUT2D eigenvalue weighted by Gasteiger charge is 2.16. The van der Waals surface area contributed by atoms with E-state index < -0.39 is 5.97 Å². The standard InChI is InChI=1S/C16H22N2O4S/c1-5-21-11(3)15-17-12(9-23-15)7-18(4)8-13-6-14(16(19)20)10(2)22-13/h6,9,11H,5,7-8H2,1-4H3,(H,19,20). The first kappa shape index (κ1) is 17.7. The fourth-order valence-corrected chi connectivity index (χ4v) is 3.15. The summed E-state index contributed by atoms with van der Waals surface area (Å²) in [5.74, 6) is 0.108. The zero-order valence-electron chi connectivity index (χ0n) is 13.8. The minimum absolute atomic E-state index is 0.00917. The van der Waals surface area contributed by atoms with Gasteiger partial charge in [-0.05, 0) is 33.9 Å². The Balaban J connectivity index is 1.96. The van der Waals surface area contributed by atoms with Crippen molar-refractivity contribution in [2.45, 2.75) is 40.0 Å². The maximum Gasteiger partial charge on any atom is 0.339 e. The Kier molecular flexibility index (Phi) is 5.92. The lowest BCUT2D eigenvalue weighted by Gasteiger charge is -2.13. The van der Waals surface area contributed by atoms with Gasteiger partial charge in [-0.1, -0.05) is 0 Å². The molecule has 0 aliphatic carbocycles. The Morgan fingerprint density at radius 2 is 2.26 bits per heavy atom. The molecule has 2 rings (SSSR count). The van der Waals surface area contributed by atoms with Gasteiger partial charge in [0.1, 0.15) is 28.2 Å². The Labute approximate surface area is 139 Å². The number of rotatable bonds is 8. The third kappa shape index (κ3) is 4.63. The van der Waals surface area contributed by atoms with Gasteiger partial charge >= 0.3 is 5.97 Å². The van der Waals surface area contributed by atoms with Crippen molar-refractivity contribution in [3.8, 4) is 0 Å². The van der Waals surface area contributed by atoms with Crippen molar-refractivity contribution in [2.75, 3.05) is 13.7 Å². The first-order chi connectivity index (χ1) is 10.9. The van der Waals surface area contributed by atoms with Gasteiger partial charge < -0.3 is 14.3 Å². The number of nitrogens with zero attached hydrogens (tertiary/aromatic N) is 2. The molecule has 1 N–H and O–H groups in total. The van der Waals surface area contributed by atoms with Gasteiger partial charge in [-0.2, -0.15) is 0 Å². The molecule has 0 bridgehead atoms. The molecular weight excluding hydrogens is 316 g/mol. The van der Waals surface area contributed by atoms with Crippen LogP contribution in [0.4, 0.5) is 0 Å². The van der Waals surface area contributed by atoms with E-state index in [0.29, 0.717) is 31.2 Å². The van der Waals surface area contributed by atoms with E-state index in [4.69, 9.17) is 14.3 Å². The first-order valence-electron chi connectivity index (χ1n) is 7.47. The predicted octanol–water partition coefficient (Wildman–Crippen LogP) is 3.47. The van der Waals surface area contributed by atoms with Crippen molar-refractivity contribution in [1.82, 2.24) is 9.88 Å². The molecule has 1 atom stereocenters. The summed E-state index contributed by atoms with van der Waals surface area (Å²) in [6.45, 7) is 7.48. The van der Waals surface area contributed by atoms with Crippen LogP contribution in [0.2, 0.25) is 0 Å². The van der Waals surface area contributed by atoms with Gasteiger partial charge in [-0.15, -0.1) is 11.3 Å². The number of carboxylic acids is 1. The van der Waals surface area contributed by atoms with Gasteiger partial charge in [0.15, 0.2) is 0 Å². The topological polar surface area (TPSA) is 75.8 Å². The number of hydrogen-bond donors (Lipinski definition) is 1. The van der Waals surface area contributed by atoms with E-state index in [0.717, 1.165) is 10.7 Å². The third-order valence-corrected chi connectivity index (χ3v) is 4.45. The maximum absolute atomic E-state index is 11.0. The fourth-order valence-electron chi connectivity index (χ4n) is 2.34. The lowest BCUT2D eigenvalue weighted by atomic mass is 10.2. The summed E-state index contributed by atoms with van der Waals surface area (Å²) < 4.78 is 11.0. The highest BCUT2D eigenvalue weighted by molar-refractivity contribution is 7.09. The SMILES string of the molecule is CCOC(C)c1nc(CN(C)Cc2cc(C(=O)O)c(C)o2)cs1. The van der Waals surface area contributed by atoms with Crippen LogP contribution in [0.15, 0.2) is 15.9 Å². The molecule has 2 aromatic heterocycles. The van der Waals surface area contributed by atoms with Crippen LogP contribution in [-0.4, -0.2) is 34.6 Å². The smallest absolute Gasteiger partial charge is 0.339 e. The normalized spacial score (nSPS) is 12.7. The molecule has 0 saturated carbocycles. The molecule has 126 valence electrons. The quantitative estimate of drug-likeness (QED) is 0.794. The lowest BCUT2D eigenvalue weighted by Crippen LogP contribution is -2.17. The van der Waals surface area contributed by atoms with Crippen LogP contribution in [0.5, 0.6) is 0 Å². The molecular formula is C16H22N2O4S. The molecule has 0 fully saturated rings. The molecule has 0 aromatic carbocycles. The van der Waals surface area contributed by atoms with E-state index in [2.05, 4.69) is 4.98 Å². The summed E-state index contributed by atoms with van der Waals surface area (Å²) in [4.78, 5) is 17.7. The molecule has 0 saturated heterocycles. The molecule has 6 nitrogen and oxygen atoms in total. The highest BCUT2D eigenvalue weighted by atomic mass is 32.1. The van der Waals surface area contributed by atoms with Crippen LogP contribution in [0.1, 0.15) is 52.5 Å². The average molecular weight is 338 g/mol. The molecule has 1 unspecified atom stereocenters. The zero-order valence-corrected chi connectivity index (χ0v) is 14.6. The third-order valence-electron chi connectivity index (χ3n) is 3.39. The minimum Gasteiger partial charge on any atom is -0.478 e. The average Bonchev–Trinajstić information content (AvgIpc) is 3.06. The Morgan fingerprint density at radius 1 is 1.52 bits per heavy atom. The van der Waals surface area contributed by atoms with Crippen molar-refractivity contribution in [3.63, 3.8) is 0 Å². The van der Waals surface area contributed by atoms with Gasteiger partial charge in [-0.3, -0.25) is 4.90 Å². The van der Waals surface area contributed by atoms with Crippen molar-refractivity contribution in [2.24, 2.45) is 0 Å². The Bertz CT molecular complexity index is 665. The van der Waals surface area contributed by atoms with E-state index in [9.17, 15) is 4.79 Å². The number of hydrogen-bond acceptors (Lipinski definition) is 6. The highest BCUT2D eigenvalue weighted by Crippen LogP contribution is 2.22. The molecule has 7 heteroatoms. The number of carboxylic acid groups (broad SMARTS) is 1. The number of carbonyl (C=O) groups is 1. The van der Waals surface area contributed by atoms with E-state index in [1.54, 1.807) is 24.3 Å². The number of aromatic carboxylic acids is 1. The summed E-state index contributed by atoms with van der Waals surface area (Å²) in [5.41, 5.74) is 1.19. The lowest BCUT2D eigenvalue weighted by molar-refractivity contribution is 0.0695. The zero-order chi connectivity index (χ0) is 17.0. The number of ether oxygens (including phenoxy) is 1. The summed E-state index contributed by atoms with van der Waals surface area (Å²) in [5, 5.41) is 12.0. The largest absolute Gasteiger partial charge is 0.478 e. The number of furan rings is 1. The van der Waals surface area contributed by atoms with Gasteiger partial charge in [0, 0.05) is 18.5 Å². The van der Waals surface area contributed by atoms with E-state index >= 15 is 0 Å². The monoisotopic (exact) mass is 338 g/mol. The molecule has 2 heterocycles. The first-order valence-corrected chi connectivity index (χ1v) is 8.35. The van der Waals surface area contributed by atoms with E-state index in [1.807, 2.05) is 31.2 Å². The van der Waals surface area contributed by atoms with Crippen LogP contribution in [0, 0.1) is 6.92 Å². The van der Waals surface area contributed by atoms with Gasteiger partial charge in [0.2, 0.25) is 0 Å². The second-order valence-corrected chi connectivity index (χ2v) is 6.32. The number of thiazole rings is 1. The maximum atomic E-state index is 11.0. The van der Waals surface area contributed by atoms with Crippen molar-refractivity contribution >= 4 is 17.3 Å². The van der Waals surface area contributed by atoms with Crippen molar-refractivity contribution in [1.29, 1.82) is 0 Å². The van der Waals surface area contributed by atoms with Crippen molar-refractivity contribution in [3.05, 3.63) is 39.2 Å². The Hall–Kier alpha value is -1.70. The molecule has 23 heavy (non-hydrogen) atoms.